The molecule has 5 aliphatic rings. The molecule has 4 atom stereocenters. The molecule has 0 amide bonds. The largest absolute Gasteiger partial charge is 0.492 e. The first-order valence-corrected chi connectivity index (χ1v) is 9.43. The number of fused-ring (bicyclic) bond motifs is 9. The Balaban J connectivity index is 1.49. The molecule has 136 valence electrons. The number of carbonyl (C=O) groups is 1. The minimum atomic E-state index is -0.712. The van der Waals surface area contributed by atoms with E-state index in [0.717, 1.165) is 22.5 Å². The Labute approximate surface area is 152 Å². The van der Waals surface area contributed by atoms with E-state index in [1.54, 1.807) is 0 Å². The second-order valence-electron chi connectivity index (χ2n) is 8.82. The number of ether oxygens (including phenoxy) is 4. The monoisotopic (exact) mass is 354 g/mol. The molecule has 5 heteroatoms. The summed E-state index contributed by atoms with van der Waals surface area (Å²) in [5.41, 5.74) is 2.77. The summed E-state index contributed by atoms with van der Waals surface area (Å²) in [6.45, 7) is 6.62. The van der Waals surface area contributed by atoms with Gasteiger partial charge in [-0.3, -0.25) is 4.79 Å². The van der Waals surface area contributed by atoms with E-state index >= 15 is 0 Å². The molecular formula is C21H22O5. The van der Waals surface area contributed by atoms with Gasteiger partial charge in [0.2, 0.25) is 0 Å². The third-order valence-electron chi connectivity index (χ3n) is 6.51. The van der Waals surface area contributed by atoms with Gasteiger partial charge in [-0.1, -0.05) is 38.1 Å². The molecule has 0 radical (unpaired) electrons. The van der Waals surface area contributed by atoms with Gasteiger partial charge in [0.15, 0.2) is 11.6 Å². The molecule has 2 heterocycles. The summed E-state index contributed by atoms with van der Waals surface area (Å²) in [6, 6.07) is 7.83. The number of hydrogen-bond acceptors (Lipinski definition) is 5. The second-order valence-corrected chi connectivity index (χ2v) is 8.82. The summed E-state index contributed by atoms with van der Waals surface area (Å²) in [7, 11) is 0. The first-order valence-electron chi connectivity index (χ1n) is 9.43. The van der Waals surface area contributed by atoms with Crippen molar-refractivity contribution in [2.75, 3.05) is 26.4 Å². The van der Waals surface area contributed by atoms with Gasteiger partial charge in [-0.05, 0) is 5.56 Å². The Bertz CT molecular complexity index is 844. The number of Topliss-reactive ketones (excluding diaryl/α,β-unsaturated/α-hetero) is 1. The number of allylic oxidation sites excluding steroid dienone is 1. The summed E-state index contributed by atoms with van der Waals surface area (Å²) in [6.07, 6.45) is -0.180. The average Bonchev–Trinajstić information content (AvgIpc) is 3.21. The standard InChI is InChI=1S/C21H22O5/c1-20(2)9-25-21(26-10-20)15-14-13(11-5-3-4-6-12(11)17(14)22)18-19(16(15)21)24-8-7-23-18/h3-6,14-16,19H,7-10H2,1-2H3/t14-,15+,16+,19-/m0/s1. The lowest BCUT2D eigenvalue weighted by molar-refractivity contribution is -0.262. The quantitative estimate of drug-likeness (QED) is 0.717. The highest BCUT2D eigenvalue weighted by Crippen LogP contribution is 2.70. The first-order chi connectivity index (χ1) is 12.5. The lowest BCUT2D eigenvalue weighted by Gasteiger charge is -2.37. The van der Waals surface area contributed by atoms with Crippen LogP contribution in [0.4, 0.5) is 0 Å². The number of hydrogen-bond donors (Lipinski definition) is 0. The summed E-state index contributed by atoms with van der Waals surface area (Å²) < 4.78 is 24.8. The Morgan fingerprint density at radius 2 is 1.73 bits per heavy atom. The number of rotatable bonds is 0. The van der Waals surface area contributed by atoms with Crippen molar-refractivity contribution in [3.8, 4) is 0 Å². The summed E-state index contributed by atoms with van der Waals surface area (Å²) >= 11 is 0. The second kappa shape index (κ2) is 4.77. The van der Waals surface area contributed by atoms with E-state index in [9.17, 15) is 4.79 Å². The van der Waals surface area contributed by atoms with E-state index in [0.29, 0.717) is 26.4 Å². The van der Waals surface area contributed by atoms with Crippen molar-refractivity contribution in [1.82, 2.24) is 0 Å². The van der Waals surface area contributed by atoms with Gasteiger partial charge in [0, 0.05) is 22.5 Å². The van der Waals surface area contributed by atoms with E-state index in [1.807, 2.05) is 24.3 Å². The highest BCUT2D eigenvalue weighted by Gasteiger charge is 2.79. The number of ketones is 1. The fourth-order valence-electron chi connectivity index (χ4n) is 5.33. The first kappa shape index (κ1) is 15.4. The van der Waals surface area contributed by atoms with Crippen molar-refractivity contribution < 1.29 is 23.7 Å². The summed E-state index contributed by atoms with van der Waals surface area (Å²) in [5.74, 6) is 0.0711. The van der Waals surface area contributed by atoms with Crippen LogP contribution in [0.3, 0.4) is 0 Å². The van der Waals surface area contributed by atoms with E-state index in [4.69, 9.17) is 18.9 Å². The SMILES string of the molecule is CC1(C)COC2(OC1)[C@@H]1[C@H]3C(=O)c4ccccc4C3=C3OCCO[C@H]3[C@@H]12. The van der Waals surface area contributed by atoms with Gasteiger partial charge < -0.3 is 18.9 Å². The van der Waals surface area contributed by atoms with Crippen LogP contribution in [-0.2, 0) is 18.9 Å². The van der Waals surface area contributed by atoms with Gasteiger partial charge in [-0.25, -0.2) is 0 Å². The van der Waals surface area contributed by atoms with Gasteiger partial charge in [-0.15, -0.1) is 0 Å². The molecule has 2 aliphatic heterocycles. The molecule has 3 fully saturated rings. The third kappa shape index (κ3) is 1.74. The smallest absolute Gasteiger partial charge is 0.178 e. The molecular weight excluding hydrogens is 332 g/mol. The molecule has 5 nitrogen and oxygen atoms in total. The molecule has 1 spiro atoms. The molecule has 26 heavy (non-hydrogen) atoms. The Morgan fingerprint density at radius 3 is 2.50 bits per heavy atom. The van der Waals surface area contributed by atoms with Crippen molar-refractivity contribution in [3.05, 3.63) is 41.2 Å². The Hall–Kier alpha value is -1.69. The summed E-state index contributed by atoms with van der Waals surface area (Å²) in [4.78, 5) is 13.3. The zero-order chi connectivity index (χ0) is 17.7. The van der Waals surface area contributed by atoms with Gasteiger partial charge in [0.05, 0.1) is 31.7 Å². The van der Waals surface area contributed by atoms with Crippen LogP contribution in [0.2, 0.25) is 0 Å². The van der Waals surface area contributed by atoms with Crippen LogP contribution < -0.4 is 0 Å². The van der Waals surface area contributed by atoms with E-state index in [1.165, 1.54) is 0 Å². The molecule has 1 aromatic rings. The van der Waals surface area contributed by atoms with Crippen molar-refractivity contribution >= 4 is 11.4 Å². The highest BCUT2D eigenvalue weighted by atomic mass is 16.7. The molecule has 0 unspecified atom stereocenters. The molecule has 0 N–H and O–H groups in total. The van der Waals surface area contributed by atoms with Gasteiger partial charge in [0.1, 0.15) is 18.5 Å². The molecule has 2 saturated heterocycles. The molecule has 6 rings (SSSR count). The molecule has 3 aliphatic carbocycles. The molecule has 0 bridgehead atoms. The topological polar surface area (TPSA) is 54.0 Å². The maximum atomic E-state index is 13.3. The maximum Gasteiger partial charge on any atom is 0.178 e. The van der Waals surface area contributed by atoms with Crippen LogP contribution in [0.5, 0.6) is 0 Å². The van der Waals surface area contributed by atoms with Gasteiger partial charge in [0.25, 0.3) is 0 Å². The normalized spacial score (nSPS) is 38.2. The van der Waals surface area contributed by atoms with Gasteiger partial charge >= 0.3 is 0 Å². The molecule has 0 aromatic heterocycles. The number of carbonyl (C=O) groups excluding carboxylic acids is 1. The van der Waals surface area contributed by atoms with E-state index < -0.39 is 5.79 Å². The third-order valence-corrected chi connectivity index (χ3v) is 6.51. The minimum Gasteiger partial charge on any atom is -0.492 e. The van der Waals surface area contributed by atoms with Crippen LogP contribution in [0.25, 0.3) is 5.57 Å². The van der Waals surface area contributed by atoms with Crippen LogP contribution in [0.15, 0.2) is 30.0 Å². The average molecular weight is 354 g/mol. The molecule has 1 aromatic carbocycles. The molecule has 1 saturated carbocycles. The van der Waals surface area contributed by atoms with Crippen molar-refractivity contribution in [2.24, 2.45) is 23.2 Å². The van der Waals surface area contributed by atoms with Crippen molar-refractivity contribution in [1.29, 1.82) is 0 Å². The van der Waals surface area contributed by atoms with E-state index in [2.05, 4.69) is 13.8 Å². The number of benzene rings is 1. The summed E-state index contributed by atoms with van der Waals surface area (Å²) in [5, 5.41) is 0. The lowest BCUT2D eigenvalue weighted by Crippen LogP contribution is -2.43. The van der Waals surface area contributed by atoms with Crippen LogP contribution in [-0.4, -0.2) is 44.1 Å². The fourth-order valence-corrected chi connectivity index (χ4v) is 5.33. The zero-order valence-electron chi connectivity index (χ0n) is 15.0. The van der Waals surface area contributed by atoms with Crippen LogP contribution in [0.1, 0.15) is 29.8 Å². The van der Waals surface area contributed by atoms with Crippen LogP contribution in [0, 0.1) is 23.2 Å². The lowest BCUT2D eigenvalue weighted by atomic mass is 9.84. The van der Waals surface area contributed by atoms with E-state index in [-0.39, 0.29) is 35.1 Å². The fraction of sp³-hybridized carbons (Fsp3) is 0.571. The van der Waals surface area contributed by atoms with Crippen molar-refractivity contribution in [2.45, 2.75) is 25.7 Å². The van der Waals surface area contributed by atoms with Gasteiger partial charge in [-0.2, -0.15) is 0 Å². The predicted octanol–water partition coefficient (Wildman–Crippen LogP) is 2.65. The Morgan fingerprint density at radius 1 is 1.00 bits per heavy atom. The van der Waals surface area contributed by atoms with Crippen LogP contribution >= 0.6 is 0 Å². The van der Waals surface area contributed by atoms with Crippen molar-refractivity contribution in [3.63, 3.8) is 0 Å². The zero-order valence-corrected chi connectivity index (χ0v) is 15.0. The maximum absolute atomic E-state index is 13.3. The highest BCUT2D eigenvalue weighted by molar-refractivity contribution is 6.15. The minimum absolute atomic E-state index is 0.00366. The predicted molar refractivity (Wildman–Crippen MR) is 92.3 cm³/mol. The Kier molecular flexibility index (Phi) is 2.82.